The van der Waals surface area contributed by atoms with Gasteiger partial charge >= 0.3 is 31.1 Å². The molecule has 0 aliphatic rings. The van der Waals surface area contributed by atoms with Gasteiger partial charge in [0.25, 0.3) is 0 Å². The van der Waals surface area contributed by atoms with E-state index in [1.807, 2.05) is 0 Å². The van der Waals surface area contributed by atoms with Gasteiger partial charge in [0.2, 0.25) is 0 Å². The monoisotopic (exact) mass is 224 g/mol. The molecule has 0 rings (SSSR count). The average molecular weight is 226 g/mol. The Labute approximate surface area is 48.3 Å². The largest absolute Gasteiger partial charge is 0.551 e. The summed E-state index contributed by atoms with van der Waals surface area (Å²) in [6, 6.07) is 0. The van der Waals surface area contributed by atoms with Crippen molar-refractivity contribution in [1.82, 2.24) is 0 Å². The molecule has 2 N–H and O–H groups in total. The summed E-state index contributed by atoms with van der Waals surface area (Å²) < 4.78 is 31.1. The lowest BCUT2D eigenvalue weighted by molar-refractivity contribution is -1.27. The third-order valence-corrected chi connectivity index (χ3v) is 0. The lowest BCUT2D eigenvalue weighted by Crippen LogP contribution is -1.94. The summed E-state index contributed by atoms with van der Waals surface area (Å²) in [5, 5.41) is 0. The summed E-state index contributed by atoms with van der Waals surface area (Å²) in [6.07, 6.45) is 0. The van der Waals surface area contributed by atoms with Crippen LogP contribution >= 0.6 is 0 Å². The van der Waals surface area contributed by atoms with Crippen LogP contribution in [0.5, 0.6) is 0 Å². The molecular formula is H2Br2O4. The van der Waals surface area contributed by atoms with E-state index in [0.717, 1.165) is 0 Å². The molecule has 6 heteroatoms. The van der Waals surface area contributed by atoms with Crippen LogP contribution in [0.25, 0.3) is 0 Å². The minimum atomic E-state index is -1.19. The number of rotatable bonds is 0. The second kappa shape index (κ2) is 17.0. The molecule has 0 spiro atoms. The van der Waals surface area contributed by atoms with Crippen LogP contribution in [-0.4, -0.2) is 8.40 Å². The van der Waals surface area contributed by atoms with Crippen LogP contribution in [0.4, 0.5) is 0 Å². The molecule has 0 aliphatic carbocycles. The summed E-state index contributed by atoms with van der Waals surface area (Å²) >= 11 is -2.38. The van der Waals surface area contributed by atoms with Gasteiger partial charge < -0.3 is 8.40 Å². The molecule has 0 radical (unpaired) electrons. The maximum Gasteiger partial charge on any atom is 0.417 e. The maximum atomic E-state index is 8.52. The third-order valence-electron chi connectivity index (χ3n) is 0. The van der Waals surface area contributed by atoms with E-state index in [9.17, 15) is 0 Å². The van der Waals surface area contributed by atoms with E-state index >= 15 is 0 Å². The number of hydrogen-bond donors (Lipinski definition) is 2. The lowest BCUT2D eigenvalue weighted by Gasteiger charge is -1.45. The van der Waals surface area contributed by atoms with E-state index in [1.54, 1.807) is 0 Å². The van der Waals surface area contributed by atoms with Crippen LogP contribution in [-0.2, 0) is 0 Å². The van der Waals surface area contributed by atoms with Crippen molar-refractivity contribution in [3.8, 4) is 0 Å². The third kappa shape index (κ3) is 108. The van der Waals surface area contributed by atoms with Crippen molar-refractivity contribution in [2.75, 3.05) is 0 Å². The number of halogens is 2. The molecule has 0 aliphatic heterocycles. The van der Waals surface area contributed by atoms with Crippen LogP contribution in [0.1, 0.15) is 0 Å². The van der Waals surface area contributed by atoms with Gasteiger partial charge in [-0.05, 0) is 0 Å². The van der Waals surface area contributed by atoms with Crippen molar-refractivity contribution < 1.29 is 47.9 Å². The smallest absolute Gasteiger partial charge is 0.417 e. The molecule has 0 amide bonds. The Balaban J connectivity index is 0. The fourth-order valence-corrected chi connectivity index (χ4v) is 0. The topological polar surface area (TPSA) is 86.6 Å². The summed E-state index contributed by atoms with van der Waals surface area (Å²) in [5.41, 5.74) is 0. The van der Waals surface area contributed by atoms with Crippen LogP contribution < -0.4 is 8.40 Å². The number of hydrogen-bond acceptors (Lipinski definition) is 4. The molecule has 0 unspecified atom stereocenters. The Bertz CT molecular complexity index is 7.51. The van der Waals surface area contributed by atoms with Crippen LogP contribution in [0.15, 0.2) is 0 Å². The molecule has 6 heavy (non-hydrogen) atoms. The first-order chi connectivity index (χ1) is 2.83. The van der Waals surface area contributed by atoms with E-state index in [0.29, 0.717) is 0 Å². The van der Waals surface area contributed by atoms with E-state index in [-0.39, 0.29) is 0 Å². The fourth-order valence-electron chi connectivity index (χ4n) is 0. The first kappa shape index (κ1) is 9.93. The van der Waals surface area contributed by atoms with E-state index in [4.69, 9.17) is 16.8 Å². The quantitative estimate of drug-likeness (QED) is 0.448. The molecule has 0 aromatic heterocycles. The Kier molecular flexibility index (Phi) is 28.2. The fraction of sp³-hybridized carbons (Fsp3) is 0. The summed E-state index contributed by atoms with van der Waals surface area (Å²) in [4.78, 5) is 0. The zero-order chi connectivity index (χ0) is 5.41. The van der Waals surface area contributed by atoms with Crippen LogP contribution in [0, 0.1) is 31.1 Å². The average Bonchev–Trinajstić information content (AvgIpc) is 1.39. The normalized spacial score (nSPS) is 6.00. The summed E-state index contributed by atoms with van der Waals surface area (Å²) in [7, 11) is 0. The zero-order valence-corrected chi connectivity index (χ0v) is 5.64. The minimum Gasteiger partial charge on any atom is -0.551 e. The highest BCUT2D eigenvalue weighted by atomic mass is 79.9. The maximum absolute atomic E-state index is 8.52. The highest BCUT2D eigenvalue weighted by Crippen LogP contribution is 1.14. The van der Waals surface area contributed by atoms with E-state index in [2.05, 4.69) is 0 Å². The van der Waals surface area contributed by atoms with Gasteiger partial charge in [-0.25, -0.2) is 0 Å². The predicted molar refractivity (Wildman–Crippen MR) is 4.44 cm³/mol. The highest BCUT2D eigenvalue weighted by Gasteiger charge is 1.51. The molecule has 0 saturated heterocycles. The van der Waals surface area contributed by atoms with Crippen LogP contribution in [0.2, 0.25) is 0 Å². The molecular weight excluding hydrogens is 224 g/mol. The molecule has 0 atom stereocenters. The van der Waals surface area contributed by atoms with Gasteiger partial charge in [0.05, 0.1) is 0 Å². The standard InChI is InChI=1S/2BrHO2/c2*2-1-3/h2*2H. The summed E-state index contributed by atoms with van der Waals surface area (Å²) in [5.74, 6) is 0. The first-order valence-corrected chi connectivity index (χ1v) is 3.36. The Morgan fingerprint density at radius 3 is 1.00 bits per heavy atom. The van der Waals surface area contributed by atoms with Crippen LogP contribution in [0.3, 0.4) is 0 Å². The second-order valence-electron chi connectivity index (χ2n) is 0.138. The molecule has 0 aromatic carbocycles. The molecule has 0 bridgehead atoms. The van der Waals surface area contributed by atoms with Gasteiger partial charge in [0.1, 0.15) is 0 Å². The van der Waals surface area contributed by atoms with Crippen molar-refractivity contribution >= 4 is 0 Å². The molecule has 0 fully saturated rings. The second-order valence-corrected chi connectivity index (χ2v) is 0.717. The van der Waals surface area contributed by atoms with E-state index in [1.165, 1.54) is 0 Å². The molecule has 0 saturated carbocycles. The lowest BCUT2D eigenvalue weighted by atomic mass is 16.0. The van der Waals surface area contributed by atoms with Crippen molar-refractivity contribution in [2.24, 2.45) is 0 Å². The summed E-state index contributed by atoms with van der Waals surface area (Å²) in [6.45, 7) is 0. The van der Waals surface area contributed by atoms with Crippen molar-refractivity contribution in [3.63, 3.8) is 0 Å². The molecule has 4 nitrogen and oxygen atoms in total. The van der Waals surface area contributed by atoms with Gasteiger partial charge in [0, 0.05) is 0 Å². The Morgan fingerprint density at radius 1 is 1.00 bits per heavy atom. The molecule has 0 aromatic rings. The van der Waals surface area contributed by atoms with Gasteiger partial charge in [0.15, 0.2) is 0 Å². The first-order valence-electron chi connectivity index (χ1n) is 0.647. The van der Waals surface area contributed by atoms with E-state index < -0.39 is 31.1 Å². The Morgan fingerprint density at radius 2 is 1.00 bits per heavy atom. The Hall–Kier alpha value is 0.800. The zero-order valence-electron chi connectivity index (χ0n) is 2.47. The minimum absolute atomic E-state index is 1.19. The van der Waals surface area contributed by atoms with Crippen molar-refractivity contribution in [3.05, 3.63) is 0 Å². The highest BCUT2D eigenvalue weighted by molar-refractivity contribution is 1.71. The molecule has 0 heterocycles. The van der Waals surface area contributed by atoms with Gasteiger partial charge in [-0.15, -0.1) is 0 Å². The van der Waals surface area contributed by atoms with Gasteiger partial charge in [-0.2, -0.15) is 8.40 Å². The molecule has 40 valence electrons. The van der Waals surface area contributed by atoms with Gasteiger partial charge in [-0.1, -0.05) is 0 Å². The van der Waals surface area contributed by atoms with Gasteiger partial charge in [-0.3, -0.25) is 0 Å². The van der Waals surface area contributed by atoms with Crippen molar-refractivity contribution in [1.29, 1.82) is 0 Å². The van der Waals surface area contributed by atoms with Crippen molar-refractivity contribution in [2.45, 2.75) is 0 Å². The SMILES string of the molecule is [O-][Br+]O.[O-][Br+]O. The predicted octanol–water partition coefficient (Wildman–Crippen LogP) is -3.49.